The van der Waals surface area contributed by atoms with Crippen LogP contribution in [0.3, 0.4) is 0 Å². The molecule has 100 valence electrons. The molecule has 0 saturated carbocycles. The average molecular weight is 279 g/mol. The number of carbonyl (C=O) groups is 1. The maximum absolute atomic E-state index is 11.5. The number of hydrogen-bond donors (Lipinski definition) is 1. The number of nitrogens with one attached hydrogen (secondary N) is 1. The maximum atomic E-state index is 11.5. The van der Waals surface area contributed by atoms with E-state index in [1.807, 2.05) is 20.0 Å². The summed E-state index contributed by atoms with van der Waals surface area (Å²) in [5.41, 5.74) is 2.41. The van der Waals surface area contributed by atoms with Crippen LogP contribution in [0.15, 0.2) is 33.1 Å². The van der Waals surface area contributed by atoms with Gasteiger partial charge in [-0.15, -0.1) is 10.2 Å². The summed E-state index contributed by atoms with van der Waals surface area (Å²) in [7, 11) is 1.82. The molecular formula is C11H13N5O2S. The van der Waals surface area contributed by atoms with Crippen molar-refractivity contribution in [3.05, 3.63) is 30.0 Å². The van der Waals surface area contributed by atoms with Crippen molar-refractivity contribution >= 4 is 23.9 Å². The molecule has 2 aromatic rings. The molecule has 0 saturated heterocycles. The van der Waals surface area contributed by atoms with E-state index in [1.165, 1.54) is 18.0 Å². The lowest BCUT2D eigenvalue weighted by molar-refractivity contribution is -0.118. The first-order chi connectivity index (χ1) is 9.15. The largest absolute Gasteiger partial charge is 0.460 e. The highest BCUT2D eigenvalue weighted by Crippen LogP contribution is 2.12. The maximum Gasteiger partial charge on any atom is 0.250 e. The van der Waals surface area contributed by atoms with Crippen LogP contribution in [0.4, 0.5) is 0 Å². The summed E-state index contributed by atoms with van der Waals surface area (Å²) in [5, 5.41) is 12.1. The van der Waals surface area contributed by atoms with E-state index in [-0.39, 0.29) is 11.7 Å². The lowest BCUT2D eigenvalue weighted by Crippen LogP contribution is -2.19. The number of amides is 1. The molecule has 19 heavy (non-hydrogen) atoms. The number of rotatable bonds is 5. The van der Waals surface area contributed by atoms with Crippen LogP contribution in [-0.2, 0) is 11.8 Å². The average Bonchev–Trinajstić information content (AvgIpc) is 2.96. The summed E-state index contributed by atoms with van der Waals surface area (Å²) in [4.78, 5) is 11.5. The van der Waals surface area contributed by atoms with Gasteiger partial charge in [0.2, 0.25) is 0 Å². The zero-order valence-corrected chi connectivity index (χ0v) is 11.3. The van der Waals surface area contributed by atoms with Crippen LogP contribution in [0, 0.1) is 6.92 Å². The van der Waals surface area contributed by atoms with Gasteiger partial charge in [0.05, 0.1) is 12.0 Å². The molecule has 2 aromatic heterocycles. The Morgan fingerprint density at radius 3 is 3.11 bits per heavy atom. The number of thioether (sulfide) groups is 1. The quantitative estimate of drug-likeness (QED) is 0.500. The fourth-order valence-electron chi connectivity index (χ4n) is 1.26. The number of hydrazone groups is 1. The molecule has 0 aliphatic rings. The molecule has 0 unspecified atom stereocenters. The predicted octanol–water partition coefficient (Wildman–Crippen LogP) is 0.959. The van der Waals surface area contributed by atoms with Crippen molar-refractivity contribution in [3.8, 4) is 0 Å². The van der Waals surface area contributed by atoms with Gasteiger partial charge in [0.25, 0.3) is 5.91 Å². The van der Waals surface area contributed by atoms with Crippen molar-refractivity contribution in [2.24, 2.45) is 12.1 Å². The van der Waals surface area contributed by atoms with Gasteiger partial charge in [0.1, 0.15) is 17.8 Å². The minimum atomic E-state index is -0.215. The Morgan fingerprint density at radius 2 is 2.47 bits per heavy atom. The Bertz CT molecular complexity index is 589. The molecule has 7 nitrogen and oxygen atoms in total. The highest BCUT2D eigenvalue weighted by Gasteiger charge is 2.05. The predicted molar refractivity (Wildman–Crippen MR) is 70.9 cm³/mol. The van der Waals surface area contributed by atoms with Crippen LogP contribution in [-0.4, -0.2) is 32.6 Å². The van der Waals surface area contributed by atoms with E-state index >= 15 is 0 Å². The monoisotopic (exact) mass is 279 g/mol. The van der Waals surface area contributed by atoms with Crippen LogP contribution in [0.25, 0.3) is 0 Å². The third kappa shape index (κ3) is 3.95. The minimum Gasteiger partial charge on any atom is -0.460 e. The van der Waals surface area contributed by atoms with E-state index in [4.69, 9.17) is 4.42 Å². The Labute approximate surface area is 114 Å². The van der Waals surface area contributed by atoms with Gasteiger partial charge in [0, 0.05) is 7.05 Å². The first kappa shape index (κ1) is 13.3. The first-order valence-corrected chi connectivity index (χ1v) is 6.49. The molecule has 1 N–H and O–H groups in total. The third-order valence-electron chi connectivity index (χ3n) is 2.14. The molecule has 2 rings (SSSR count). The summed E-state index contributed by atoms with van der Waals surface area (Å²) >= 11 is 1.29. The second-order valence-corrected chi connectivity index (χ2v) is 4.70. The fourth-order valence-corrected chi connectivity index (χ4v) is 1.94. The van der Waals surface area contributed by atoms with Crippen molar-refractivity contribution in [3.63, 3.8) is 0 Å². The number of furan rings is 1. The summed E-state index contributed by atoms with van der Waals surface area (Å²) in [6, 6.07) is 3.60. The van der Waals surface area contributed by atoms with Gasteiger partial charge in [0.15, 0.2) is 5.16 Å². The molecule has 8 heteroatoms. The van der Waals surface area contributed by atoms with Gasteiger partial charge in [-0.05, 0) is 19.1 Å². The molecule has 0 bridgehead atoms. The number of aromatic nitrogens is 3. The first-order valence-electron chi connectivity index (χ1n) is 5.50. The van der Waals surface area contributed by atoms with Gasteiger partial charge >= 0.3 is 0 Å². The molecular weight excluding hydrogens is 266 g/mol. The fraction of sp³-hybridized carbons (Fsp3) is 0.273. The van der Waals surface area contributed by atoms with E-state index in [1.54, 1.807) is 17.0 Å². The summed E-state index contributed by atoms with van der Waals surface area (Å²) < 4.78 is 7.02. The summed E-state index contributed by atoms with van der Waals surface area (Å²) in [6.45, 7) is 1.84. The molecule has 0 fully saturated rings. The SMILES string of the molecule is Cc1ccc(/C=N\NC(=O)CSc2nncn2C)o1. The van der Waals surface area contributed by atoms with Crippen LogP contribution in [0.2, 0.25) is 0 Å². The van der Waals surface area contributed by atoms with Crippen molar-refractivity contribution in [2.45, 2.75) is 12.1 Å². The molecule has 0 atom stereocenters. The highest BCUT2D eigenvalue weighted by molar-refractivity contribution is 7.99. The van der Waals surface area contributed by atoms with E-state index in [0.717, 1.165) is 5.76 Å². The number of carbonyl (C=O) groups excluding carboxylic acids is 1. The van der Waals surface area contributed by atoms with E-state index in [0.29, 0.717) is 10.9 Å². The smallest absolute Gasteiger partial charge is 0.250 e. The molecule has 0 aromatic carbocycles. The lowest BCUT2D eigenvalue weighted by atomic mass is 10.4. The van der Waals surface area contributed by atoms with Crippen molar-refractivity contribution in [1.82, 2.24) is 20.2 Å². The molecule has 0 aliphatic heterocycles. The molecule has 0 spiro atoms. The third-order valence-corrected chi connectivity index (χ3v) is 3.18. The zero-order valence-electron chi connectivity index (χ0n) is 10.5. The van der Waals surface area contributed by atoms with E-state index in [9.17, 15) is 4.79 Å². The van der Waals surface area contributed by atoms with E-state index < -0.39 is 0 Å². The molecule has 1 amide bonds. The summed E-state index contributed by atoms with van der Waals surface area (Å²) in [5.74, 6) is 1.40. The van der Waals surface area contributed by atoms with Crippen LogP contribution in [0.5, 0.6) is 0 Å². The Kier molecular flexibility index (Phi) is 4.35. The summed E-state index contributed by atoms with van der Waals surface area (Å²) in [6.07, 6.45) is 3.04. The van der Waals surface area contributed by atoms with Crippen molar-refractivity contribution in [2.75, 3.05) is 5.75 Å². The second-order valence-electron chi connectivity index (χ2n) is 3.75. The highest BCUT2D eigenvalue weighted by atomic mass is 32.2. The van der Waals surface area contributed by atoms with Crippen molar-refractivity contribution in [1.29, 1.82) is 0 Å². The molecule has 0 radical (unpaired) electrons. The van der Waals surface area contributed by atoms with Gasteiger partial charge in [-0.3, -0.25) is 4.79 Å². The Hall–Kier alpha value is -2.09. The van der Waals surface area contributed by atoms with Gasteiger partial charge in [-0.2, -0.15) is 5.10 Å². The minimum absolute atomic E-state index is 0.215. The van der Waals surface area contributed by atoms with Crippen molar-refractivity contribution < 1.29 is 9.21 Å². The van der Waals surface area contributed by atoms with Crippen LogP contribution in [0.1, 0.15) is 11.5 Å². The zero-order chi connectivity index (χ0) is 13.7. The van der Waals surface area contributed by atoms with Gasteiger partial charge in [-0.25, -0.2) is 5.43 Å². The van der Waals surface area contributed by atoms with Gasteiger partial charge < -0.3 is 8.98 Å². The number of hydrogen-bond acceptors (Lipinski definition) is 6. The Balaban J connectivity index is 1.76. The van der Waals surface area contributed by atoms with Crippen LogP contribution < -0.4 is 5.43 Å². The van der Waals surface area contributed by atoms with Gasteiger partial charge in [-0.1, -0.05) is 11.8 Å². The second kappa shape index (κ2) is 6.19. The Morgan fingerprint density at radius 1 is 1.63 bits per heavy atom. The van der Waals surface area contributed by atoms with Crippen LogP contribution >= 0.6 is 11.8 Å². The number of aryl methyl sites for hydroxylation is 2. The van der Waals surface area contributed by atoms with E-state index in [2.05, 4.69) is 20.7 Å². The topological polar surface area (TPSA) is 85.3 Å². The normalized spacial score (nSPS) is 11.1. The molecule has 2 heterocycles. The molecule has 0 aliphatic carbocycles. The standard InChI is InChI=1S/C11H13N5O2S/c1-8-3-4-9(18-8)5-12-14-10(17)6-19-11-15-13-7-16(11)2/h3-5,7H,6H2,1-2H3,(H,14,17)/b12-5-. The number of nitrogens with zero attached hydrogens (tertiary/aromatic N) is 4. The lowest BCUT2D eigenvalue weighted by Gasteiger charge is -1.99.